The van der Waals surface area contributed by atoms with E-state index < -0.39 is 5.97 Å². The Morgan fingerprint density at radius 2 is 1.94 bits per heavy atom. The zero-order valence-electron chi connectivity index (χ0n) is 17.8. The Kier molecular flexibility index (Phi) is 7.90. The van der Waals surface area contributed by atoms with E-state index in [4.69, 9.17) is 16.3 Å². The molecule has 0 unspecified atom stereocenters. The molecule has 0 spiro atoms. The van der Waals surface area contributed by atoms with Crippen molar-refractivity contribution in [1.29, 1.82) is 0 Å². The number of methoxy groups -OCH3 is 1. The number of aromatic hydroxyl groups is 1. The number of ether oxygens (including phenoxy) is 1. The number of unbranched alkanes of at least 4 members (excludes halogenated alkanes) is 1. The summed E-state index contributed by atoms with van der Waals surface area (Å²) in [5.41, 5.74) is 3.23. The van der Waals surface area contributed by atoms with Gasteiger partial charge in [-0.05, 0) is 41.8 Å². The average molecular weight is 439 g/mol. The quantitative estimate of drug-likeness (QED) is 0.357. The largest absolute Gasteiger partial charge is 0.508 e. The highest BCUT2D eigenvalue weighted by Gasteiger charge is 2.15. The summed E-state index contributed by atoms with van der Waals surface area (Å²) >= 11 is 6.41. The van der Waals surface area contributed by atoms with Gasteiger partial charge in [0.2, 0.25) is 0 Å². The Bertz CT molecular complexity index is 1050. The first-order valence-electron chi connectivity index (χ1n) is 10.4. The normalized spacial score (nSPS) is 11.5. The van der Waals surface area contributed by atoms with E-state index in [1.807, 2.05) is 30.3 Å². The zero-order chi connectivity index (χ0) is 22.2. The van der Waals surface area contributed by atoms with Gasteiger partial charge in [0.15, 0.2) is 0 Å². The van der Waals surface area contributed by atoms with Crippen molar-refractivity contribution in [3.63, 3.8) is 0 Å². The predicted molar refractivity (Wildman–Crippen MR) is 123 cm³/mol. The molecule has 3 aromatic rings. The fourth-order valence-electron chi connectivity index (χ4n) is 3.38. The van der Waals surface area contributed by atoms with E-state index in [9.17, 15) is 9.90 Å². The van der Waals surface area contributed by atoms with Crippen molar-refractivity contribution in [3.8, 4) is 5.75 Å². The molecule has 0 radical (unpaired) electrons. The topological polar surface area (TPSA) is 64.3 Å². The van der Waals surface area contributed by atoms with Crippen molar-refractivity contribution >= 4 is 23.6 Å². The molecule has 0 aliphatic rings. The summed E-state index contributed by atoms with van der Waals surface area (Å²) in [6, 6.07) is 14.5. The van der Waals surface area contributed by atoms with Gasteiger partial charge < -0.3 is 14.4 Å². The molecule has 0 atom stereocenters. The molecular formula is C25H27ClN2O3. The highest BCUT2D eigenvalue weighted by molar-refractivity contribution is 6.31. The summed E-state index contributed by atoms with van der Waals surface area (Å²) in [5.74, 6) is 0.751. The van der Waals surface area contributed by atoms with Gasteiger partial charge in [-0.1, -0.05) is 55.3 Å². The number of nitrogens with zero attached hydrogens (tertiary/aromatic N) is 2. The van der Waals surface area contributed by atoms with Crippen LogP contribution in [0.3, 0.4) is 0 Å². The van der Waals surface area contributed by atoms with E-state index >= 15 is 0 Å². The molecule has 0 bridgehead atoms. The summed E-state index contributed by atoms with van der Waals surface area (Å²) in [6.07, 6.45) is 6.95. The molecule has 6 heteroatoms. The first-order chi connectivity index (χ1) is 15.0. The number of carbonyl (C=O) groups excluding carboxylic acids is 1. The van der Waals surface area contributed by atoms with E-state index in [0.29, 0.717) is 23.6 Å². The maximum absolute atomic E-state index is 12.5. The lowest BCUT2D eigenvalue weighted by molar-refractivity contribution is -0.136. The monoisotopic (exact) mass is 438 g/mol. The Morgan fingerprint density at radius 3 is 2.61 bits per heavy atom. The lowest BCUT2D eigenvalue weighted by Crippen LogP contribution is -2.11. The molecule has 1 N–H and O–H groups in total. The van der Waals surface area contributed by atoms with Crippen LogP contribution >= 0.6 is 11.6 Å². The smallest absolute Gasteiger partial charge is 0.334 e. The zero-order valence-corrected chi connectivity index (χ0v) is 18.6. The second-order valence-corrected chi connectivity index (χ2v) is 7.79. The van der Waals surface area contributed by atoms with Gasteiger partial charge in [0.05, 0.1) is 25.5 Å². The second-order valence-electron chi connectivity index (χ2n) is 7.38. The molecular weight excluding hydrogens is 412 g/mol. The van der Waals surface area contributed by atoms with Crippen LogP contribution < -0.4 is 0 Å². The standard InChI is InChI=1S/C25H27ClN2O3/c1-3-4-9-24-27-16-21(28(24)17-19-7-5-6-8-23(19)26)15-20(25(30)31-2)14-18-10-12-22(29)13-11-18/h5-8,10-13,15-16,29H,3-4,9,14,17H2,1-2H3/b20-15+. The third-order valence-electron chi connectivity index (χ3n) is 5.11. The lowest BCUT2D eigenvalue weighted by atomic mass is 10.0. The maximum Gasteiger partial charge on any atom is 0.334 e. The number of hydrogen-bond donors (Lipinski definition) is 1. The summed E-state index contributed by atoms with van der Waals surface area (Å²) in [7, 11) is 1.38. The van der Waals surface area contributed by atoms with Gasteiger partial charge in [-0.15, -0.1) is 0 Å². The van der Waals surface area contributed by atoms with Crippen LogP contribution in [-0.4, -0.2) is 27.7 Å². The van der Waals surface area contributed by atoms with Crippen LogP contribution in [-0.2, 0) is 28.9 Å². The first kappa shape index (κ1) is 22.6. The van der Waals surface area contributed by atoms with E-state index in [1.165, 1.54) is 7.11 Å². The van der Waals surface area contributed by atoms with Crippen LogP contribution in [0.5, 0.6) is 5.75 Å². The number of aryl methyl sites for hydroxylation is 1. The molecule has 2 aromatic carbocycles. The third kappa shape index (κ3) is 5.98. The SMILES string of the molecule is CCCCc1ncc(/C=C(\Cc2ccc(O)cc2)C(=O)OC)n1Cc1ccccc1Cl. The Morgan fingerprint density at radius 1 is 1.19 bits per heavy atom. The molecule has 3 rings (SSSR count). The summed E-state index contributed by atoms with van der Waals surface area (Å²) < 4.78 is 7.13. The highest BCUT2D eigenvalue weighted by Crippen LogP contribution is 2.22. The molecule has 0 saturated heterocycles. The molecule has 0 aliphatic heterocycles. The van der Waals surface area contributed by atoms with Gasteiger partial charge in [0.25, 0.3) is 0 Å². The van der Waals surface area contributed by atoms with Crippen LogP contribution in [0.1, 0.15) is 42.4 Å². The molecule has 0 amide bonds. The van der Waals surface area contributed by atoms with Crippen LogP contribution in [0.15, 0.2) is 60.3 Å². The third-order valence-corrected chi connectivity index (χ3v) is 5.48. The van der Waals surface area contributed by atoms with Crippen molar-refractivity contribution in [2.45, 2.75) is 39.2 Å². The first-order valence-corrected chi connectivity index (χ1v) is 10.7. The number of halogens is 1. The molecule has 0 fully saturated rings. The summed E-state index contributed by atoms with van der Waals surface area (Å²) in [4.78, 5) is 17.1. The van der Waals surface area contributed by atoms with Crippen molar-refractivity contribution < 1.29 is 14.6 Å². The lowest BCUT2D eigenvalue weighted by Gasteiger charge is -2.13. The molecule has 1 aromatic heterocycles. The summed E-state index contributed by atoms with van der Waals surface area (Å²) in [6.45, 7) is 2.72. The molecule has 0 saturated carbocycles. The number of aromatic nitrogens is 2. The number of benzene rings is 2. The number of imidazole rings is 1. The van der Waals surface area contributed by atoms with E-state index in [2.05, 4.69) is 16.5 Å². The molecule has 1 heterocycles. The minimum atomic E-state index is -0.395. The second kappa shape index (κ2) is 10.8. The minimum absolute atomic E-state index is 0.186. The van der Waals surface area contributed by atoms with Crippen LogP contribution in [0.4, 0.5) is 0 Å². The van der Waals surface area contributed by atoms with Crippen LogP contribution in [0, 0.1) is 0 Å². The van der Waals surface area contributed by atoms with Crippen molar-refractivity contribution in [3.05, 3.63) is 88.0 Å². The number of phenols is 1. The van der Waals surface area contributed by atoms with Gasteiger partial charge in [-0.3, -0.25) is 0 Å². The Hall–Kier alpha value is -3.05. The Labute approximate surface area is 188 Å². The number of esters is 1. The van der Waals surface area contributed by atoms with Crippen molar-refractivity contribution in [2.75, 3.05) is 7.11 Å². The van der Waals surface area contributed by atoms with Crippen molar-refractivity contribution in [1.82, 2.24) is 9.55 Å². The highest BCUT2D eigenvalue weighted by atomic mass is 35.5. The molecule has 31 heavy (non-hydrogen) atoms. The molecule has 5 nitrogen and oxygen atoms in total. The molecule has 162 valence electrons. The maximum atomic E-state index is 12.5. The number of carbonyl (C=O) groups is 1. The van der Waals surface area contributed by atoms with Crippen LogP contribution in [0.25, 0.3) is 6.08 Å². The van der Waals surface area contributed by atoms with Crippen LogP contribution in [0.2, 0.25) is 5.02 Å². The number of phenolic OH excluding ortho intramolecular Hbond substituents is 1. The van der Waals surface area contributed by atoms with Gasteiger partial charge in [0, 0.05) is 23.4 Å². The van der Waals surface area contributed by atoms with Crippen molar-refractivity contribution in [2.24, 2.45) is 0 Å². The fourth-order valence-corrected chi connectivity index (χ4v) is 3.58. The van der Waals surface area contributed by atoms with E-state index in [-0.39, 0.29) is 5.75 Å². The fraction of sp³-hybridized carbons (Fsp3) is 0.280. The van der Waals surface area contributed by atoms with E-state index in [1.54, 1.807) is 30.5 Å². The van der Waals surface area contributed by atoms with E-state index in [0.717, 1.165) is 41.9 Å². The van der Waals surface area contributed by atoms with Gasteiger partial charge >= 0.3 is 5.97 Å². The average Bonchev–Trinajstić information content (AvgIpc) is 3.15. The molecule has 0 aliphatic carbocycles. The Balaban J connectivity index is 2.00. The number of rotatable bonds is 9. The predicted octanol–water partition coefficient (Wildman–Crippen LogP) is 5.43. The van der Waals surface area contributed by atoms with Gasteiger partial charge in [-0.25, -0.2) is 9.78 Å². The summed E-state index contributed by atoms with van der Waals surface area (Å²) in [5, 5.41) is 10.2. The minimum Gasteiger partial charge on any atom is -0.508 e. The van der Waals surface area contributed by atoms with Gasteiger partial charge in [0.1, 0.15) is 11.6 Å². The van der Waals surface area contributed by atoms with Gasteiger partial charge in [-0.2, -0.15) is 0 Å². The number of hydrogen-bond acceptors (Lipinski definition) is 4.